The van der Waals surface area contributed by atoms with Gasteiger partial charge in [-0.1, -0.05) is 36.4 Å². The van der Waals surface area contributed by atoms with Crippen molar-refractivity contribution in [1.82, 2.24) is 9.80 Å². The second kappa shape index (κ2) is 13.9. The van der Waals surface area contributed by atoms with E-state index in [1.807, 2.05) is 43.0 Å². The van der Waals surface area contributed by atoms with Gasteiger partial charge in [0.05, 0.1) is 37.9 Å². The second-order valence-corrected chi connectivity index (χ2v) is 12.0. The third-order valence-electron chi connectivity index (χ3n) is 8.75. The molecule has 10 nitrogen and oxygen atoms in total. The van der Waals surface area contributed by atoms with Crippen molar-refractivity contribution in [3.05, 3.63) is 65.2 Å². The van der Waals surface area contributed by atoms with Gasteiger partial charge in [-0.05, 0) is 47.0 Å². The minimum atomic E-state index is -1.75. The predicted molar refractivity (Wildman–Crippen MR) is 165 cm³/mol. The van der Waals surface area contributed by atoms with Crippen LogP contribution in [0.2, 0.25) is 0 Å². The Morgan fingerprint density at radius 2 is 1.62 bits per heavy atom. The Labute approximate surface area is 268 Å². The molecule has 0 saturated carbocycles. The lowest BCUT2D eigenvalue weighted by atomic mass is 9.75. The van der Waals surface area contributed by atoms with E-state index in [1.54, 1.807) is 30.5 Å². The lowest BCUT2D eigenvalue weighted by Gasteiger charge is -2.47. The molecule has 47 heavy (non-hydrogen) atoms. The standard InChI is InChI=1S/C33H34F4N4O6/c1-32(2)29-22(19-42)7-5-9-25(29)41(11-10-39(12-13-46-37)16-26(34)43)33(32)20-38-30-24-8-4-3-6-21(24)14-23(31(30)47-33)15-40(17-27(35)44)18-28(36)45/h3-9,14,20,42H,10-13,15-19H2,1-2H3. The largest absolute Gasteiger partial charge is 0.459 e. The van der Waals surface area contributed by atoms with E-state index in [9.17, 15) is 37.2 Å². The zero-order valence-corrected chi connectivity index (χ0v) is 25.8. The summed E-state index contributed by atoms with van der Waals surface area (Å²) in [4.78, 5) is 47.0. The van der Waals surface area contributed by atoms with Crippen LogP contribution in [0, 0.1) is 0 Å². The first kappa shape index (κ1) is 34.1. The van der Waals surface area contributed by atoms with Crippen LogP contribution in [0.1, 0.15) is 30.5 Å². The Morgan fingerprint density at radius 1 is 0.936 bits per heavy atom. The highest BCUT2D eigenvalue weighted by Gasteiger charge is 2.60. The van der Waals surface area contributed by atoms with Gasteiger partial charge in [0, 0.05) is 42.8 Å². The number of ether oxygens (including phenoxy) is 1. The van der Waals surface area contributed by atoms with Crippen LogP contribution < -0.4 is 9.64 Å². The van der Waals surface area contributed by atoms with Crippen LogP contribution in [-0.2, 0) is 37.9 Å². The molecule has 14 heteroatoms. The maximum atomic E-state index is 13.5. The van der Waals surface area contributed by atoms with Gasteiger partial charge in [-0.2, -0.15) is 18.1 Å². The summed E-state index contributed by atoms with van der Waals surface area (Å²) >= 11 is 0. The van der Waals surface area contributed by atoms with Crippen molar-refractivity contribution < 1.29 is 46.9 Å². The quantitative estimate of drug-likeness (QED) is 0.188. The predicted octanol–water partition coefficient (Wildman–Crippen LogP) is 4.41. The topological polar surface area (TPSA) is 112 Å². The van der Waals surface area contributed by atoms with Crippen LogP contribution in [-0.4, -0.2) is 90.8 Å². The van der Waals surface area contributed by atoms with E-state index in [0.29, 0.717) is 27.9 Å². The van der Waals surface area contributed by atoms with Crippen LogP contribution >= 0.6 is 0 Å². The average molecular weight is 659 g/mol. The minimum absolute atomic E-state index is 0.0687. The highest BCUT2D eigenvalue weighted by atomic mass is 19.3. The number of hydrogen-bond donors (Lipinski definition) is 1. The molecule has 0 amide bonds. The monoisotopic (exact) mass is 658 g/mol. The van der Waals surface area contributed by atoms with E-state index in [2.05, 4.69) is 4.94 Å². The highest BCUT2D eigenvalue weighted by molar-refractivity contribution is 6.01. The van der Waals surface area contributed by atoms with Crippen LogP contribution in [0.15, 0.2) is 53.5 Å². The van der Waals surface area contributed by atoms with Gasteiger partial charge in [-0.25, -0.2) is 0 Å². The summed E-state index contributed by atoms with van der Waals surface area (Å²) in [6, 6.07) is 9.28. The summed E-state index contributed by atoms with van der Waals surface area (Å²) in [7, 11) is 0. The fourth-order valence-corrected chi connectivity index (χ4v) is 6.73. The van der Waals surface area contributed by atoms with E-state index in [1.165, 1.54) is 4.90 Å². The molecule has 3 aromatic rings. The molecular weight excluding hydrogens is 624 g/mol. The molecule has 0 aromatic heterocycles. The maximum Gasteiger partial charge on any atom is 0.315 e. The molecule has 1 unspecified atom stereocenters. The number of halogens is 4. The molecule has 0 fully saturated rings. The second-order valence-electron chi connectivity index (χ2n) is 12.0. The van der Waals surface area contributed by atoms with Gasteiger partial charge in [-0.15, -0.1) is 0 Å². The fraction of sp³-hybridized carbons (Fsp3) is 0.394. The number of rotatable bonds is 15. The summed E-state index contributed by atoms with van der Waals surface area (Å²) in [5.74, 6) is 0.242. The van der Waals surface area contributed by atoms with Crippen LogP contribution in [0.25, 0.3) is 10.8 Å². The molecule has 0 saturated heterocycles. The summed E-state index contributed by atoms with van der Waals surface area (Å²) < 4.78 is 60.1. The summed E-state index contributed by atoms with van der Waals surface area (Å²) in [5.41, 5.74) is 0.498. The number of carbonyl (C=O) groups is 3. The van der Waals surface area contributed by atoms with Crippen molar-refractivity contribution in [2.24, 2.45) is 4.99 Å². The van der Waals surface area contributed by atoms with Gasteiger partial charge in [0.2, 0.25) is 5.72 Å². The van der Waals surface area contributed by atoms with Crippen LogP contribution in [0.4, 0.5) is 29.1 Å². The normalized spacial score (nSPS) is 17.8. The van der Waals surface area contributed by atoms with Gasteiger partial charge in [-0.3, -0.25) is 29.2 Å². The van der Waals surface area contributed by atoms with Gasteiger partial charge in [0.15, 0.2) is 5.75 Å². The molecule has 2 aliphatic heterocycles. The van der Waals surface area contributed by atoms with Gasteiger partial charge in [0.25, 0.3) is 0 Å². The lowest BCUT2D eigenvalue weighted by Crippen LogP contribution is -2.63. The molecule has 2 aliphatic rings. The SMILES string of the molecule is CC1(C)c2c(CO)cccc2N(CCN(CCOF)CC(=O)F)C12C=Nc1c(c(CN(CC(=O)F)CC(=O)F)cc3ccccc13)O2. The Bertz CT molecular complexity index is 1700. The van der Waals surface area contributed by atoms with Crippen molar-refractivity contribution in [1.29, 1.82) is 0 Å². The van der Waals surface area contributed by atoms with E-state index >= 15 is 0 Å². The number of aliphatic hydroxyl groups is 1. The number of fused-ring (bicyclic) bond motifs is 4. The van der Waals surface area contributed by atoms with Crippen molar-refractivity contribution in [2.75, 3.05) is 50.8 Å². The van der Waals surface area contributed by atoms with Gasteiger partial charge in [0.1, 0.15) is 12.3 Å². The fourth-order valence-electron chi connectivity index (χ4n) is 6.73. The molecule has 1 N–H and O–H groups in total. The molecule has 0 aliphatic carbocycles. The first-order chi connectivity index (χ1) is 22.4. The summed E-state index contributed by atoms with van der Waals surface area (Å²) in [6.07, 6.45) is 1.63. The molecule has 1 spiro atoms. The van der Waals surface area contributed by atoms with E-state index in [0.717, 1.165) is 15.8 Å². The van der Waals surface area contributed by atoms with E-state index < -0.39 is 55.5 Å². The molecule has 3 aromatic carbocycles. The molecule has 0 radical (unpaired) electrons. The maximum absolute atomic E-state index is 13.5. The summed E-state index contributed by atoms with van der Waals surface area (Å²) in [5, 5.41) is 11.8. The van der Waals surface area contributed by atoms with E-state index in [4.69, 9.17) is 9.73 Å². The number of aliphatic hydroxyl groups excluding tert-OH is 1. The minimum Gasteiger partial charge on any atom is -0.459 e. The average Bonchev–Trinajstić information content (AvgIpc) is 3.19. The van der Waals surface area contributed by atoms with Gasteiger partial charge >= 0.3 is 18.1 Å². The molecule has 2 heterocycles. The molecule has 1 atom stereocenters. The number of carbonyl (C=O) groups excluding carboxylic acids is 3. The zero-order valence-electron chi connectivity index (χ0n) is 25.8. The molecule has 5 rings (SSSR count). The van der Waals surface area contributed by atoms with Crippen molar-refractivity contribution in [2.45, 2.75) is 38.1 Å². The number of hydrogen-bond acceptors (Lipinski definition) is 10. The number of aliphatic imine (C=N–C) groups is 1. The highest BCUT2D eigenvalue weighted by Crippen LogP contribution is 2.56. The van der Waals surface area contributed by atoms with Crippen LogP contribution in [0.3, 0.4) is 0 Å². The Morgan fingerprint density at radius 3 is 2.28 bits per heavy atom. The lowest BCUT2D eigenvalue weighted by molar-refractivity contribution is -0.140. The first-order valence-corrected chi connectivity index (χ1v) is 14.9. The number of nitrogens with zero attached hydrogens (tertiary/aromatic N) is 4. The van der Waals surface area contributed by atoms with Gasteiger partial charge < -0.3 is 14.7 Å². The van der Waals surface area contributed by atoms with Crippen molar-refractivity contribution in [3.63, 3.8) is 0 Å². The number of benzene rings is 3. The van der Waals surface area contributed by atoms with E-state index in [-0.39, 0.29) is 38.5 Å². The third kappa shape index (κ3) is 6.63. The smallest absolute Gasteiger partial charge is 0.315 e. The van der Waals surface area contributed by atoms with Crippen molar-refractivity contribution in [3.8, 4) is 5.75 Å². The van der Waals surface area contributed by atoms with Crippen molar-refractivity contribution >= 4 is 46.5 Å². The van der Waals surface area contributed by atoms with Crippen LogP contribution in [0.5, 0.6) is 5.75 Å². The molecular formula is C33H34F4N4O6. The summed E-state index contributed by atoms with van der Waals surface area (Å²) in [6.45, 7) is 0.724. The molecule has 0 bridgehead atoms. The Hall–Kier alpha value is -4.24. The molecule has 250 valence electrons. The number of anilines is 1. The zero-order chi connectivity index (χ0) is 33.9. The third-order valence-corrected chi connectivity index (χ3v) is 8.75. The first-order valence-electron chi connectivity index (χ1n) is 14.9. The Kier molecular flexibility index (Phi) is 10.1. The Balaban J connectivity index is 1.65.